The van der Waals surface area contributed by atoms with Crippen molar-refractivity contribution in [3.05, 3.63) is 76.1 Å². The molecule has 2 aliphatic rings. The number of alkyl halides is 3. The van der Waals surface area contributed by atoms with Gasteiger partial charge >= 0.3 is 12.1 Å². The number of hydrogen-bond donors (Lipinski definition) is 2. The maximum Gasteiger partial charge on any atom is 0.409 e. The summed E-state index contributed by atoms with van der Waals surface area (Å²) in [6.07, 6.45) is -0.206. The maximum absolute atomic E-state index is 13.3. The highest BCUT2D eigenvalue weighted by Gasteiger charge is 2.45. The Labute approximate surface area is 167 Å². The summed E-state index contributed by atoms with van der Waals surface area (Å²) in [5.41, 5.74) is 3.76. The first-order valence-corrected chi connectivity index (χ1v) is 8.86. The van der Waals surface area contributed by atoms with Gasteiger partial charge in [0.25, 0.3) is 5.56 Å². The number of carboxylic acid groups (broad SMARTS) is 1. The second kappa shape index (κ2) is 7.06. The number of halogens is 3. The van der Waals surface area contributed by atoms with E-state index in [9.17, 15) is 22.8 Å². The lowest BCUT2D eigenvalue weighted by Crippen LogP contribution is -2.44. The number of methoxy groups -OCH3 is 1. The molecular weight excluding hydrogens is 403 g/mol. The Hall–Kier alpha value is -3.53. The highest BCUT2D eigenvalue weighted by Crippen LogP contribution is 2.38. The summed E-state index contributed by atoms with van der Waals surface area (Å²) in [5, 5.41) is 10.9. The molecule has 2 N–H and O–H groups in total. The minimum absolute atomic E-state index is 0.216. The SMILES string of the molecule is COC1=CC=C(c2ccc3c(ccc(=O)n3CC(=O)O)c2)C2=CC(C(F)(F)F)NN12. The Morgan fingerprint density at radius 1 is 1.23 bits per heavy atom. The van der Waals surface area contributed by atoms with E-state index in [1.54, 1.807) is 36.4 Å². The molecular formula is C20H16F3N3O4. The van der Waals surface area contributed by atoms with Gasteiger partial charge < -0.3 is 9.84 Å². The Morgan fingerprint density at radius 3 is 2.67 bits per heavy atom. The Kier molecular flexibility index (Phi) is 4.65. The predicted octanol–water partition coefficient (Wildman–Crippen LogP) is 2.61. The summed E-state index contributed by atoms with van der Waals surface area (Å²) in [7, 11) is 1.36. The number of rotatable bonds is 4. The molecule has 4 rings (SSSR count). The highest BCUT2D eigenvalue weighted by molar-refractivity contribution is 5.89. The smallest absolute Gasteiger partial charge is 0.409 e. The molecule has 0 aliphatic carbocycles. The van der Waals surface area contributed by atoms with Crippen LogP contribution < -0.4 is 11.0 Å². The first-order valence-electron chi connectivity index (χ1n) is 8.86. The Balaban J connectivity index is 1.82. The van der Waals surface area contributed by atoms with E-state index < -0.39 is 30.3 Å². The first-order chi connectivity index (χ1) is 14.2. The van der Waals surface area contributed by atoms with Gasteiger partial charge in [0.05, 0.1) is 18.3 Å². The van der Waals surface area contributed by atoms with E-state index in [1.807, 2.05) is 0 Å². The van der Waals surface area contributed by atoms with E-state index >= 15 is 0 Å². The third kappa shape index (κ3) is 3.35. The van der Waals surface area contributed by atoms with Gasteiger partial charge in [-0.1, -0.05) is 6.07 Å². The van der Waals surface area contributed by atoms with Crippen LogP contribution in [0.3, 0.4) is 0 Å². The topological polar surface area (TPSA) is 83.8 Å². The zero-order chi connectivity index (χ0) is 21.6. The van der Waals surface area contributed by atoms with Gasteiger partial charge in [0.1, 0.15) is 12.6 Å². The van der Waals surface area contributed by atoms with Gasteiger partial charge in [-0.2, -0.15) is 13.2 Å². The van der Waals surface area contributed by atoms with Crippen molar-refractivity contribution in [1.82, 2.24) is 15.0 Å². The largest absolute Gasteiger partial charge is 0.481 e. The average molecular weight is 419 g/mol. The number of ether oxygens (including phenoxy) is 1. The van der Waals surface area contributed by atoms with Crippen molar-refractivity contribution < 1.29 is 27.8 Å². The highest BCUT2D eigenvalue weighted by atomic mass is 19.4. The lowest BCUT2D eigenvalue weighted by Gasteiger charge is -2.29. The second-order valence-corrected chi connectivity index (χ2v) is 6.75. The zero-order valence-corrected chi connectivity index (χ0v) is 15.6. The van der Waals surface area contributed by atoms with Crippen LogP contribution in [0.4, 0.5) is 13.2 Å². The number of pyridine rings is 1. The van der Waals surface area contributed by atoms with Gasteiger partial charge in [-0.05, 0) is 41.3 Å². The van der Waals surface area contributed by atoms with Crippen LogP contribution in [-0.4, -0.2) is 40.0 Å². The number of hydrazine groups is 1. The Bertz CT molecular complexity index is 1190. The number of nitrogens with zero attached hydrogens (tertiary/aromatic N) is 2. The number of carboxylic acids is 1. The molecule has 1 aromatic carbocycles. The molecule has 156 valence electrons. The van der Waals surface area contributed by atoms with Gasteiger partial charge in [0.15, 0.2) is 0 Å². The number of hydrogen-bond acceptors (Lipinski definition) is 5. The van der Waals surface area contributed by atoms with E-state index in [0.717, 1.165) is 10.6 Å². The van der Waals surface area contributed by atoms with Gasteiger partial charge in [0.2, 0.25) is 5.88 Å². The fourth-order valence-electron chi connectivity index (χ4n) is 3.53. The summed E-state index contributed by atoms with van der Waals surface area (Å²) in [6.45, 7) is -0.492. The van der Waals surface area contributed by atoms with Crippen LogP contribution >= 0.6 is 0 Å². The van der Waals surface area contributed by atoms with E-state index in [2.05, 4.69) is 5.43 Å². The normalized spacial score (nSPS) is 18.6. The molecule has 7 nitrogen and oxygen atoms in total. The first kappa shape index (κ1) is 19.8. The van der Waals surface area contributed by atoms with Crippen LogP contribution in [0.5, 0.6) is 0 Å². The number of allylic oxidation sites excluding steroid dienone is 3. The van der Waals surface area contributed by atoms with Crippen LogP contribution in [0.2, 0.25) is 0 Å². The standard InChI is InChI=1S/C20H16F3N3O4/c1-30-18-7-4-13(15-9-16(20(21,22)23)24-26(15)18)11-2-5-14-12(8-11)3-6-17(27)25(14)10-19(28)29/h2-9,16,24H,10H2,1H3,(H,28,29). The number of nitrogens with one attached hydrogen (secondary N) is 1. The number of aromatic nitrogens is 1. The van der Waals surface area contributed by atoms with Gasteiger partial charge in [0, 0.05) is 17.7 Å². The lowest BCUT2D eigenvalue weighted by molar-refractivity contribution is -0.149. The molecule has 0 bridgehead atoms. The summed E-state index contributed by atoms with van der Waals surface area (Å²) < 4.78 is 46.1. The quantitative estimate of drug-likeness (QED) is 0.793. The number of fused-ring (bicyclic) bond motifs is 2. The molecule has 10 heteroatoms. The monoisotopic (exact) mass is 419 g/mol. The van der Waals surface area contributed by atoms with Gasteiger partial charge in [-0.25, -0.2) is 10.4 Å². The summed E-state index contributed by atoms with van der Waals surface area (Å²) in [5.74, 6) is -0.940. The molecule has 2 aromatic rings. The zero-order valence-electron chi connectivity index (χ0n) is 15.6. The molecule has 0 spiro atoms. The van der Waals surface area contributed by atoms with Gasteiger partial charge in [-0.15, -0.1) is 0 Å². The lowest BCUT2D eigenvalue weighted by atomic mass is 9.97. The van der Waals surface area contributed by atoms with Crippen LogP contribution in [0.25, 0.3) is 16.5 Å². The Morgan fingerprint density at radius 2 is 2.00 bits per heavy atom. The molecule has 2 aliphatic heterocycles. The maximum atomic E-state index is 13.3. The van der Waals surface area contributed by atoms with Crippen molar-refractivity contribution in [3.8, 4) is 0 Å². The molecule has 1 atom stereocenters. The van der Waals surface area contributed by atoms with Crippen LogP contribution in [0.15, 0.2) is 64.9 Å². The summed E-state index contributed by atoms with van der Waals surface area (Å²) in [4.78, 5) is 23.1. The van der Waals surface area contributed by atoms with Crippen LogP contribution in [0.1, 0.15) is 5.56 Å². The van der Waals surface area contributed by atoms with E-state index in [1.165, 1.54) is 18.2 Å². The molecule has 0 saturated carbocycles. The average Bonchev–Trinajstić information content (AvgIpc) is 3.15. The molecule has 1 unspecified atom stereocenters. The molecule has 30 heavy (non-hydrogen) atoms. The van der Waals surface area contributed by atoms with E-state index in [4.69, 9.17) is 9.84 Å². The van der Waals surface area contributed by atoms with Crippen LogP contribution in [-0.2, 0) is 16.1 Å². The second-order valence-electron chi connectivity index (χ2n) is 6.75. The third-order valence-electron chi connectivity index (χ3n) is 4.88. The molecule has 1 aromatic heterocycles. The fourth-order valence-corrected chi connectivity index (χ4v) is 3.53. The fraction of sp³-hybridized carbons (Fsp3) is 0.200. The van der Waals surface area contributed by atoms with E-state index in [0.29, 0.717) is 22.0 Å². The van der Waals surface area contributed by atoms with Crippen molar-refractivity contribution in [2.45, 2.75) is 18.8 Å². The van der Waals surface area contributed by atoms with Crippen LogP contribution in [0, 0.1) is 0 Å². The minimum Gasteiger partial charge on any atom is -0.481 e. The molecule has 0 amide bonds. The van der Waals surface area contributed by atoms with Crippen molar-refractivity contribution in [1.29, 1.82) is 0 Å². The van der Waals surface area contributed by atoms with Crippen molar-refractivity contribution in [2.24, 2.45) is 0 Å². The van der Waals surface area contributed by atoms with Crippen molar-refractivity contribution in [3.63, 3.8) is 0 Å². The number of aliphatic carboxylic acids is 1. The third-order valence-corrected chi connectivity index (χ3v) is 4.88. The van der Waals surface area contributed by atoms with Crippen molar-refractivity contribution >= 4 is 22.4 Å². The van der Waals surface area contributed by atoms with Crippen molar-refractivity contribution in [2.75, 3.05) is 7.11 Å². The molecule has 0 radical (unpaired) electrons. The summed E-state index contributed by atoms with van der Waals surface area (Å²) in [6, 6.07) is 5.86. The number of carbonyl (C=O) groups is 1. The predicted molar refractivity (Wildman–Crippen MR) is 102 cm³/mol. The summed E-state index contributed by atoms with van der Waals surface area (Å²) >= 11 is 0. The minimum atomic E-state index is -4.48. The molecule has 3 heterocycles. The molecule has 0 saturated heterocycles. The van der Waals surface area contributed by atoms with Gasteiger partial charge in [-0.3, -0.25) is 14.2 Å². The number of benzene rings is 1. The molecule has 0 fully saturated rings. The van der Waals surface area contributed by atoms with E-state index in [-0.39, 0.29) is 11.6 Å².